The smallest absolute Gasteiger partial charge is 0.311 e. The van der Waals surface area contributed by atoms with E-state index in [1.54, 1.807) is 54.5 Å². The van der Waals surface area contributed by atoms with E-state index in [1.165, 1.54) is 26.0 Å². The third-order valence-corrected chi connectivity index (χ3v) is 17.8. The standard InChI is InChI=1S/C50H81FN2O12.C2H7N.H2O/c1-11-38-48(10,61)41(57)32(6)53(23-13-20-47(9,60)42(65-39-16-12-15-29(3)63-39)30(4)40(56)31(5)43(58)64-38)24-14-22-52-44(59)50(62)28(2)25-36-35-18-17-33-26-34(54)19-21-45(33,7)49(35,51)37(55)27-46(36,50)8;1-3-2;/h19,21,26,28-32,35-42,55-57,60-62H,11-18,20,22-25,27H2,1-10H3,(H,52,59);3H,1-2H3;1H2/t28-,29-,30+,31-,32-,35?,36?,37+,38-,39+,40+,41-,42-,45+,46+,47-,48-,49+,50+;;/m1../s1. The Morgan fingerprint density at radius 3 is 2.25 bits per heavy atom. The molecule has 398 valence electrons. The molecule has 0 aromatic rings. The molecule has 19 atom stereocenters. The number of ether oxygens (including phenoxy) is 3. The van der Waals surface area contributed by atoms with Gasteiger partial charge >= 0.3 is 5.97 Å². The minimum Gasteiger partial charge on any atom is -0.459 e. The predicted octanol–water partition coefficient (Wildman–Crippen LogP) is 3.45. The molecule has 2 saturated heterocycles. The molecule has 10 N–H and O–H groups in total. The maximum absolute atomic E-state index is 17.7. The fourth-order valence-electron chi connectivity index (χ4n) is 13.5. The largest absolute Gasteiger partial charge is 0.459 e. The number of cyclic esters (lactones) is 1. The highest BCUT2D eigenvalue weighted by molar-refractivity contribution is 6.01. The maximum atomic E-state index is 17.7. The number of halogens is 1. The van der Waals surface area contributed by atoms with Crippen molar-refractivity contribution in [1.82, 2.24) is 15.5 Å². The van der Waals surface area contributed by atoms with Crippen LogP contribution in [0.3, 0.4) is 0 Å². The maximum Gasteiger partial charge on any atom is 0.311 e. The van der Waals surface area contributed by atoms with Crippen LogP contribution in [0, 0.1) is 40.4 Å². The van der Waals surface area contributed by atoms with E-state index in [9.17, 15) is 45.0 Å². The number of nitrogens with zero attached hydrogens (tertiary/aromatic N) is 1. The van der Waals surface area contributed by atoms with Gasteiger partial charge in [0.2, 0.25) is 0 Å². The number of esters is 1. The van der Waals surface area contributed by atoms with E-state index < -0.39 is 118 Å². The number of nitrogens with one attached hydrogen (secondary N) is 2. The van der Waals surface area contributed by atoms with Crippen LogP contribution in [0.2, 0.25) is 0 Å². The average Bonchev–Trinajstić information content (AvgIpc) is 3.48. The number of hydrogen-bond donors (Lipinski definition) is 8. The highest BCUT2D eigenvalue weighted by atomic mass is 19.1. The lowest BCUT2D eigenvalue weighted by Crippen LogP contribution is -2.70. The lowest BCUT2D eigenvalue weighted by atomic mass is 9.44. The monoisotopic (exact) mass is 984 g/mol. The van der Waals surface area contributed by atoms with Crippen molar-refractivity contribution in [3.63, 3.8) is 0 Å². The molecule has 17 heteroatoms. The molecule has 2 unspecified atom stereocenters. The third kappa shape index (κ3) is 11.0. The Kier molecular flexibility index (Phi) is 19.5. The SMILES string of the molecule is CC[C@H]1OC(=O)[C@H](C)[C@@H](O)[C@H](C)[C@@H](O[C@H]2CCC[C@@H](C)O2)[C@](C)(O)CCCN(CCCNC(=O)[C@@]2(O)[C@H](C)CC3C4CCC5=CC(=O)C=C[C@]5(C)[C@@]4(F)[C@@H](O)C[C@@]32C)[C@H](C)[C@@H](O)[C@]1(C)O.CNC.O. The summed E-state index contributed by atoms with van der Waals surface area (Å²) < 4.78 is 36.2. The van der Waals surface area contributed by atoms with Crippen molar-refractivity contribution in [1.29, 1.82) is 0 Å². The number of fused-ring (bicyclic) bond motifs is 5. The minimum atomic E-state index is -2.09. The number of amides is 1. The van der Waals surface area contributed by atoms with Crippen LogP contribution in [0.5, 0.6) is 0 Å². The van der Waals surface area contributed by atoms with Crippen LogP contribution in [0.25, 0.3) is 0 Å². The number of carbonyl (C=O) groups excluding carboxylic acids is 3. The number of ketones is 1. The molecule has 0 aromatic carbocycles. The molecule has 1 amide bonds. The molecule has 16 nitrogen and oxygen atoms in total. The van der Waals surface area contributed by atoms with Gasteiger partial charge in [0, 0.05) is 41.8 Å². The van der Waals surface area contributed by atoms with Crippen molar-refractivity contribution < 1.29 is 69.1 Å². The molecule has 0 radical (unpaired) electrons. The molecule has 0 spiro atoms. The summed E-state index contributed by atoms with van der Waals surface area (Å²) in [6, 6.07) is -0.706. The van der Waals surface area contributed by atoms with Gasteiger partial charge < -0.3 is 61.0 Å². The van der Waals surface area contributed by atoms with Gasteiger partial charge in [0.1, 0.15) is 17.8 Å². The van der Waals surface area contributed by atoms with Crippen LogP contribution in [0.4, 0.5) is 4.39 Å². The molecular weight excluding hydrogens is 894 g/mol. The fraction of sp³-hybridized carbons (Fsp3) is 0.865. The van der Waals surface area contributed by atoms with E-state index in [4.69, 9.17) is 14.2 Å². The van der Waals surface area contributed by atoms with Gasteiger partial charge in [-0.2, -0.15) is 0 Å². The number of carbonyl (C=O) groups is 3. The molecule has 2 heterocycles. The van der Waals surface area contributed by atoms with E-state index >= 15 is 4.39 Å². The lowest BCUT2D eigenvalue weighted by Gasteiger charge is -2.62. The summed E-state index contributed by atoms with van der Waals surface area (Å²) in [6.07, 6.45) is 2.14. The Labute approximate surface area is 410 Å². The third-order valence-electron chi connectivity index (χ3n) is 17.8. The van der Waals surface area contributed by atoms with Gasteiger partial charge in [-0.3, -0.25) is 19.3 Å². The summed E-state index contributed by atoms with van der Waals surface area (Å²) >= 11 is 0. The number of rotatable bonds is 8. The van der Waals surface area contributed by atoms with Crippen molar-refractivity contribution in [2.45, 2.75) is 211 Å². The van der Waals surface area contributed by atoms with Gasteiger partial charge in [-0.1, -0.05) is 39.3 Å². The van der Waals surface area contributed by atoms with Crippen molar-refractivity contribution in [2.75, 3.05) is 33.7 Å². The molecule has 0 bridgehead atoms. The molecule has 6 aliphatic rings. The second-order valence-corrected chi connectivity index (χ2v) is 22.5. The fourth-order valence-corrected chi connectivity index (χ4v) is 13.5. The van der Waals surface area contributed by atoms with E-state index in [0.29, 0.717) is 57.2 Å². The summed E-state index contributed by atoms with van der Waals surface area (Å²) in [7, 11) is 3.75. The van der Waals surface area contributed by atoms with E-state index in [2.05, 4.69) is 10.6 Å². The van der Waals surface area contributed by atoms with E-state index in [0.717, 1.165) is 12.8 Å². The molecule has 4 aliphatic carbocycles. The predicted molar refractivity (Wildman–Crippen MR) is 259 cm³/mol. The number of hydrogen-bond acceptors (Lipinski definition) is 14. The second kappa shape index (κ2) is 22.8. The van der Waals surface area contributed by atoms with Crippen LogP contribution in [0.1, 0.15) is 140 Å². The van der Waals surface area contributed by atoms with Crippen LogP contribution in [-0.4, -0.2) is 164 Å². The minimum absolute atomic E-state index is 0. The number of allylic oxidation sites excluding steroid dienone is 4. The van der Waals surface area contributed by atoms with Gasteiger partial charge in [-0.05, 0) is 157 Å². The van der Waals surface area contributed by atoms with Gasteiger partial charge in [-0.25, -0.2) is 4.39 Å². The van der Waals surface area contributed by atoms with Gasteiger partial charge in [0.05, 0.1) is 35.9 Å². The highest BCUT2D eigenvalue weighted by Gasteiger charge is 2.75. The Balaban J connectivity index is 0.00000252. The molecule has 3 saturated carbocycles. The van der Waals surface area contributed by atoms with Crippen molar-refractivity contribution in [3.8, 4) is 0 Å². The van der Waals surface area contributed by atoms with Crippen molar-refractivity contribution >= 4 is 17.7 Å². The van der Waals surface area contributed by atoms with Crippen LogP contribution in [0.15, 0.2) is 23.8 Å². The van der Waals surface area contributed by atoms with Gasteiger partial charge in [0.15, 0.2) is 23.3 Å². The second-order valence-electron chi connectivity index (χ2n) is 22.5. The molecule has 69 heavy (non-hydrogen) atoms. The Bertz CT molecular complexity index is 1830. The molecular formula is C52H90FN3O13. The summed E-state index contributed by atoms with van der Waals surface area (Å²) in [6.45, 7) is 17.9. The zero-order valence-electron chi connectivity index (χ0n) is 43.6. The summed E-state index contributed by atoms with van der Waals surface area (Å²) in [5.41, 5.74) is -9.09. The van der Waals surface area contributed by atoms with E-state index in [1.807, 2.05) is 25.9 Å². The normalized spacial score (nSPS) is 46.5. The zero-order valence-corrected chi connectivity index (χ0v) is 43.6. The molecule has 6 rings (SSSR count). The van der Waals surface area contributed by atoms with Crippen LogP contribution in [-0.2, 0) is 28.6 Å². The molecule has 2 aliphatic heterocycles. The summed E-state index contributed by atoms with van der Waals surface area (Å²) in [5, 5.41) is 77.6. The first-order valence-corrected chi connectivity index (χ1v) is 25.6. The quantitative estimate of drug-likeness (QED) is 0.128. The Morgan fingerprint density at radius 1 is 0.971 bits per heavy atom. The van der Waals surface area contributed by atoms with Crippen molar-refractivity contribution in [3.05, 3.63) is 23.8 Å². The van der Waals surface area contributed by atoms with Crippen LogP contribution < -0.4 is 10.6 Å². The van der Waals surface area contributed by atoms with Gasteiger partial charge in [0.25, 0.3) is 5.91 Å². The molecule has 0 aromatic heterocycles. The Morgan fingerprint density at radius 2 is 1.62 bits per heavy atom. The average molecular weight is 984 g/mol. The van der Waals surface area contributed by atoms with Crippen LogP contribution >= 0.6 is 0 Å². The first-order valence-electron chi connectivity index (χ1n) is 25.6. The number of aliphatic hydroxyl groups excluding tert-OH is 3. The summed E-state index contributed by atoms with van der Waals surface area (Å²) in [5.74, 6) is -4.98. The first kappa shape index (κ1) is 59.1. The van der Waals surface area contributed by atoms with Crippen molar-refractivity contribution in [2.24, 2.45) is 40.4 Å². The first-order chi connectivity index (χ1) is 31.6. The highest BCUT2D eigenvalue weighted by Crippen LogP contribution is 2.70. The Hall–Kier alpha value is -2.42. The van der Waals surface area contributed by atoms with E-state index in [-0.39, 0.29) is 43.2 Å². The zero-order chi connectivity index (χ0) is 50.9. The molecule has 5 fully saturated rings. The number of aliphatic hydroxyl groups is 6. The number of alkyl halides is 1. The topological polar surface area (TPSA) is 259 Å². The summed E-state index contributed by atoms with van der Waals surface area (Å²) in [4.78, 5) is 42.2. The lowest BCUT2D eigenvalue weighted by molar-refractivity contribution is -0.260. The van der Waals surface area contributed by atoms with Gasteiger partial charge in [-0.15, -0.1) is 0 Å².